The number of amides is 2. The number of carbonyl (C=O) groups is 2. The van der Waals surface area contributed by atoms with Gasteiger partial charge in [-0.25, -0.2) is 4.98 Å². The fourth-order valence-corrected chi connectivity index (χ4v) is 3.77. The second kappa shape index (κ2) is 8.37. The number of nitrogens with one attached hydrogen (secondary N) is 1. The van der Waals surface area contributed by atoms with Crippen molar-refractivity contribution < 1.29 is 9.59 Å². The van der Waals surface area contributed by atoms with Gasteiger partial charge in [0.15, 0.2) is 0 Å². The third-order valence-electron chi connectivity index (χ3n) is 4.98. The normalized spacial score (nSPS) is 18.2. The van der Waals surface area contributed by atoms with Gasteiger partial charge in [-0.2, -0.15) is 0 Å². The minimum Gasteiger partial charge on any atom is -0.352 e. The third-order valence-corrected chi connectivity index (χ3v) is 4.98. The van der Waals surface area contributed by atoms with Gasteiger partial charge in [0.1, 0.15) is 0 Å². The van der Waals surface area contributed by atoms with Crippen molar-refractivity contribution in [2.24, 2.45) is 5.92 Å². The van der Waals surface area contributed by atoms with Gasteiger partial charge in [-0.3, -0.25) is 9.59 Å². The maximum atomic E-state index is 12.9. The number of hydrogen-bond donors (Lipinski definition) is 1. The highest BCUT2D eigenvalue weighted by Gasteiger charge is 2.29. The van der Waals surface area contributed by atoms with Crippen LogP contribution in [0.4, 0.5) is 0 Å². The third kappa shape index (κ3) is 4.96. The van der Waals surface area contributed by atoms with E-state index in [0.29, 0.717) is 25.2 Å². The summed E-state index contributed by atoms with van der Waals surface area (Å²) >= 11 is 0. The average Bonchev–Trinajstić information content (AvgIpc) is 3.13. The van der Waals surface area contributed by atoms with Crippen LogP contribution in [0.1, 0.15) is 41.3 Å². The van der Waals surface area contributed by atoms with E-state index in [4.69, 9.17) is 0 Å². The Bertz CT molecular complexity index is 780. The standard InChI is InChI=1S/C21H28N4O2/c1-15-9-16(2)11-19(10-15)21(27)25-7-4-5-18(13-25)20(26)23-17(3)12-24-8-6-22-14-24/h6,8-11,14,17-18H,4-5,7,12-13H2,1-3H3,(H,23,26)/t17-,18-/m1/s1. The number of nitrogens with zero attached hydrogens (tertiary/aromatic N) is 3. The number of benzene rings is 1. The second-order valence-electron chi connectivity index (χ2n) is 7.64. The summed E-state index contributed by atoms with van der Waals surface area (Å²) in [4.78, 5) is 31.4. The topological polar surface area (TPSA) is 67.2 Å². The van der Waals surface area contributed by atoms with Crippen LogP contribution in [-0.4, -0.2) is 45.4 Å². The highest BCUT2D eigenvalue weighted by molar-refractivity contribution is 5.95. The number of aryl methyl sites for hydroxylation is 2. The van der Waals surface area contributed by atoms with Crippen LogP contribution in [0, 0.1) is 19.8 Å². The molecule has 2 heterocycles. The molecule has 0 spiro atoms. The number of rotatable bonds is 5. The Balaban J connectivity index is 1.59. The van der Waals surface area contributed by atoms with Crippen molar-refractivity contribution >= 4 is 11.8 Å². The summed E-state index contributed by atoms with van der Waals surface area (Å²) in [6, 6.07) is 5.92. The van der Waals surface area contributed by atoms with Gasteiger partial charge in [-0.1, -0.05) is 17.2 Å². The highest BCUT2D eigenvalue weighted by atomic mass is 16.2. The van der Waals surface area contributed by atoms with E-state index in [-0.39, 0.29) is 23.8 Å². The van der Waals surface area contributed by atoms with E-state index in [1.54, 1.807) is 12.5 Å². The van der Waals surface area contributed by atoms with Gasteiger partial charge in [0.25, 0.3) is 5.91 Å². The Hall–Kier alpha value is -2.63. The van der Waals surface area contributed by atoms with Gasteiger partial charge in [0, 0.05) is 43.6 Å². The van der Waals surface area contributed by atoms with Gasteiger partial charge < -0.3 is 14.8 Å². The molecule has 6 heteroatoms. The molecule has 2 atom stereocenters. The molecule has 0 unspecified atom stereocenters. The van der Waals surface area contributed by atoms with Crippen molar-refractivity contribution in [1.82, 2.24) is 19.8 Å². The molecular weight excluding hydrogens is 340 g/mol. The summed E-state index contributed by atoms with van der Waals surface area (Å²) in [6.07, 6.45) is 7.03. The summed E-state index contributed by atoms with van der Waals surface area (Å²) in [5.74, 6) is -0.106. The highest BCUT2D eigenvalue weighted by Crippen LogP contribution is 2.20. The van der Waals surface area contributed by atoms with Gasteiger partial charge in [0.2, 0.25) is 5.91 Å². The number of likely N-dealkylation sites (tertiary alicyclic amines) is 1. The fourth-order valence-electron chi connectivity index (χ4n) is 3.77. The molecule has 3 rings (SSSR count). The van der Waals surface area contributed by atoms with Crippen LogP contribution >= 0.6 is 0 Å². The fraction of sp³-hybridized carbons (Fsp3) is 0.476. The lowest BCUT2D eigenvalue weighted by atomic mass is 9.95. The molecule has 0 saturated carbocycles. The van der Waals surface area contributed by atoms with Crippen LogP contribution < -0.4 is 5.32 Å². The number of aromatic nitrogens is 2. The molecule has 1 aromatic heterocycles. The first kappa shape index (κ1) is 19.1. The van der Waals surface area contributed by atoms with Gasteiger partial charge in [-0.05, 0) is 45.7 Å². The van der Waals surface area contributed by atoms with Crippen LogP contribution in [0.2, 0.25) is 0 Å². The molecular formula is C21H28N4O2. The molecule has 0 radical (unpaired) electrons. The molecule has 0 bridgehead atoms. The molecule has 27 heavy (non-hydrogen) atoms. The molecule has 1 N–H and O–H groups in total. The zero-order valence-electron chi connectivity index (χ0n) is 16.3. The Morgan fingerprint density at radius 2 is 2.00 bits per heavy atom. The summed E-state index contributed by atoms with van der Waals surface area (Å²) < 4.78 is 1.95. The maximum absolute atomic E-state index is 12.9. The summed E-state index contributed by atoms with van der Waals surface area (Å²) in [7, 11) is 0. The lowest BCUT2D eigenvalue weighted by Gasteiger charge is -2.33. The van der Waals surface area contributed by atoms with Crippen molar-refractivity contribution in [2.75, 3.05) is 13.1 Å². The van der Waals surface area contributed by atoms with E-state index in [9.17, 15) is 9.59 Å². The first-order valence-electron chi connectivity index (χ1n) is 9.56. The van der Waals surface area contributed by atoms with Crippen LogP contribution in [0.5, 0.6) is 0 Å². The van der Waals surface area contributed by atoms with Crippen LogP contribution in [0.15, 0.2) is 36.9 Å². The van der Waals surface area contributed by atoms with Gasteiger partial charge >= 0.3 is 0 Å². The predicted molar refractivity (Wildman–Crippen MR) is 104 cm³/mol. The SMILES string of the molecule is Cc1cc(C)cc(C(=O)N2CCC[C@@H](C(=O)N[C@H](C)Cn3ccnc3)C2)c1. The van der Waals surface area contributed by atoms with Crippen molar-refractivity contribution in [1.29, 1.82) is 0 Å². The predicted octanol–water partition coefficient (Wildman–Crippen LogP) is 2.56. The number of imidazole rings is 1. The minimum absolute atomic E-state index is 0.0113. The summed E-state index contributed by atoms with van der Waals surface area (Å²) in [6.45, 7) is 7.86. The van der Waals surface area contributed by atoms with Gasteiger partial charge in [-0.15, -0.1) is 0 Å². The Morgan fingerprint density at radius 1 is 1.26 bits per heavy atom. The number of hydrogen-bond acceptors (Lipinski definition) is 3. The smallest absolute Gasteiger partial charge is 0.253 e. The van der Waals surface area contributed by atoms with E-state index >= 15 is 0 Å². The minimum atomic E-state index is -0.154. The van der Waals surface area contributed by atoms with E-state index in [1.807, 2.05) is 48.6 Å². The molecule has 6 nitrogen and oxygen atoms in total. The number of carbonyl (C=O) groups excluding carboxylic acids is 2. The summed E-state index contributed by atoms with van der Waals surface area (Å²) in [5, 5.41) is 3.08. The van der Waals surface area contributed by atoms with Crippen LogP contribution in [0.3, 0.4) is 0 Å². The van der Waals surface area contributed by atoms with E-state index in [0.717, 1.165) is 24.0 Å². The van der Waals surface area contributed by atoms with Crippen molar-refractivity contribution in [2.45, 2.75) is 46.2 Å². The lowest BCUT2D eigenvalue weighted by molar-refractivity contribution is -0.127. The Morgan fingerprint density at radius 3 is 2.67 bits per heavy atom. The lowest BCUT2D eigenvalue weighted by Crippen LogP contribution is -2.47. The Kier molecular flexibility index (Phi) is 5.94. The number of piperidine rings is 1. The molecule has 2 amide bonds. The van der Waals surface area contributed by atoms with Crippen molar-refractivity contribution in [3.63, 3.8) is 0 Å². The molecule has 2 aromatic rings. The maximum Gasteiger partial charge on any atom is 0.253 e. The van der Waals surface area contributed by atoms with Gasteiger partial charge in [0.05, 0.1) is 12.2 Å². The zero-order chi connectivity index (χ0) is 19.4. The van der Waals surface area contributed by atoms with Crippen LogP contribution in [-0.2, 0) is 11.3 Å². The molecule has 1 fully saturated rings. The molecule has 0 aliphatic carbocycles. The van der Waals surface area contributed by atoms with E-state index in [2.05, 4.69) is 16.4 Å². The quantitative estimate of drug-likeness (QED) is 0.882. The van der Waals surface area contributed by atoms with Crippen LogP contribution in [0.25, 0.3) is 0 Å². The Labute approximate surface area is 160 Å². The second-order valence-corrected chi connectivity index (χ2v) is 7.64. The molecule has 1 saturated heterocycles. The zero-order valence-corrected chi connectivity index (χ0v) is 16.3. The average molecular weight is 368 g/mol. The first-order valence-corrected chi connectivity index (χ1v) is 9.56. The molecule has 144 valence electrons. The van der Waals surface area contributed by atoms with E-state index in [1.165, 1.54) is 0 Å². The van der Waals surface area contributed by atoms with E-state index < -0.39 is 0 Å². The molecule has 1 aromatic carbocycles. The summed E-state index contributed by atoms with van der Waals surface area (Å²) in [5.41, 5.74) is 2.87. The van der Waals surface area contributed by atoms with Crippen molar-refractivity contribution in [3.8, 4) is 0 Å². The largest absolute Gasteiger partial charge is 0.352 e. The monoisotopic (exact) mass is 368 g/mol. The molecule has 1 aliphatic rings. The molecule has 1 aliphatic heterocycles. The van der Waals surface area contributed by atoms with Crippen molar-refractivity contribution in [3.05, 3.63) is 53.6 Å². The first-order chi connectivity index (χ1) is 12.9.